The van der Waals surface area contributed by atoms with Crippen molar-refractivity contribution in [3.8, 4) is 0 Å². The highest BCUT2D eigenvalue weighted by molar-refractivity contribution is 8.00. The molecule has 6 rings (SSSR count). The van der Waals surface area contributed by atoms with Gasteiger partial charge >= 0.3 is 4.87 Å². The molecule has 2 aromatic rings. The Morgan fingerprint density at radius 1 is 1.19 bits per heavy atom. The Morgan fingerprint density at radius 3 is 2.56 bits per heavy atom. The van der Waals surface area contributed by atoms with E-state index in [-0.39, 0.29) is 56.9 Å². The van der Waals surface area contributed by atoms with Crippen molar-refractivity contribution in [2.24, 2.45) is 34.7 Å². The number of hydrogen-bond donors (Lipinski definition) is 1. The van der Waals surface area contributed by atoms with Crippen LogP contribution in [0.25, 0.3) is 0 Å². The molecule has 166 valence electrons. The Kier molecular flexibility index (Phi) is 4.56. The number of thioether (sulfide) groups is 1. The second-order valence-electron chi connectivity index (χ2n) is 9.45. The highest BCUT2D eigenvalue weighted by Crippen LogP contribution is 2.69. The Labute approximate surface area is 198 Å². The number of halogens is 1. The van der Waals surface area contributed by atoms with Crippen molar-refractivity contribution in [1.29, 1.82) is 0 Å². The van der Waals surface area contributed by atoms with Crippen LogP contribution >= 0.6 is 34.7 Å². The summed E-state index contributed by atoms with van der Waals surface area (Å²) in [5, 5.41) is 7.22. The lowest BCUT2D eigenvalue weighted by molar-refractivity contribution is -0.140. The summed E-state index contributed by atoms with van der Waals surface area (Å²) in [6.07, 6.45) is 3.35. The van der Waals surface area contributed by atoms with Crippen LogP contribution in [0.15, 0.2) is 39.2 Å². The maximum Gasteiger partial charge on any atom is 0.305 e. The highest BCUT2D eigenvalue weighted by Gasteiger charge is 2.71. The number of imide groups is 1. The van der Waals surface area contributed by atoms with Gasteiger partial charge in [-0.25, -0.2) is 0 Å². The van der Waals surface area contributed by atoms with Gasteiger partial charge in [-0.2, -0.15) is 10.1 Å². The van der Waals surface area contributed by atoms with Crippen LogP contribution in [0.3, 0.4) is 0 Å². The zero-order valence-electron chi connectivity index (χ0n) is 17.6. The maximum absolute atomic E-state index is 13.4. The van der Waals surface area contributed by atoms with Crippen LogP contribution in [0.1, 0.15) is 37.1 Å². The summed E-state index contributed by atoms with van der Waals surface area (Å²) in [7, 11) is 0. The number of fused-ring (bicyclic) bond motifs is 9. The molecule has 0 unspecified atom stereocenters. The zero-order chi connectivity index (χ0) is 22.4. The summed E-state index contributed by atoms with van der Waals surface area (Å²) in [6, 6.07) is 7.11. The Bertz CT molecular complexity index is 1220. The number of aromatic nitrogens is 1. The molecule has 0 radical (unpaired) electrons. The first-order valence-electron chi connectivity index (χ1n) is 10.9. The van der Waals surface area contributed by atoms with E-state index in [2.05, 4.69) is 23.9 Å². The van der Waals surface area contributed by atoms with E-state index in [1.165, 1.54) is 11.3 Å². The zero-order valence-corrected chi connectivity index (χ0v) is 20.0. The molecule has 2 aliphatic carbocycles. The minimum Gasteiger partial charge on any atom is -0.307 e. The molecule has 32 heavy (non-hydrogen) atoms. The van der Waals surface area contributed by atoms with Gasteiger partial charge in [0.25, 0.3) is 11.8 Å². The molecule has 3 heterocycles. The Hall–Kier alpha value is -1.90. The molecule has 2 aliphatic heterocycles. The van der Waals surface area contributed by atoms with Crippen LogP contribution in [0.4, 0.5) is 0 Å². The number of carbonyl (C=O) groups excluding carboxylic acids is 2. The van der Waals surface area contributed by atoms with Gasteiger partial charge in [-0.05, 0) is 48.3 Å². The molecule has 1 aromatic carbocycles. The lowest BCUT2D eigenvalue weighted by Gasteiger charge is -2.48. The molecule has 1 N–H and O–H groups in total. The van der Waals surface area contributed by atoms with Gasteiger partial charge in [0.05, 0.1) is 23.1 Å². The molecule has 7 atom stereocenters. The topological polar surface area (TPSA) is 82.6 Å². The number of aromatic amines is 1. The third-order valence-electron chi connectivity index (χ3n) is 8.13. The molecular formula is C23H22ClN3O3S2. The fourth-order valence-electron chi connectivity index (χ4n) is 6.66. The number of hydrazone groups is 1. The number of nitrogens with one attached hydrogen (secondary N) is 1. The minimum atomic E-state index is -0.309. The SMILES string of the molecule is CC[C@@]1(C)c2sc(=O)[nH]c2S[C@@H]2[C@H]3C[C@H]([C@H]4C(=O)N(/N=C/c5ccc(Cl)cc5)C(=O)[C@@H]34)[C@@H]21. The molecule has 2 saturated carbocycles. The molecule has 9 heteroatoms. The van der Waals surface area contributed by atoms with E-state index in [4.69, 9.17) is 11.6 Å². The average molecular weight is 488 g/mol. The van der Waals surface area contributed by atoms with Gasteiger partial charge in [-0.3, -0.25) is 14.4 Å². The van der Waals surface area contributed by atoms with Gasteiger partial charge in [-0.1, -0.05) is 48.9 Å². The van der Waals surface area contributed by atoms with Crippen molar-refractivity contribution in [3.05, 3.63) is 49.4 Å². The molecule has 2 amide bonds. The molecule has 2 bridgehead atoms. The van der Waals surface area contributed by atoms with Gasteiger partial charge < -0.3 is 4.98 Å². The van der Waals surface area contributed by atoms with Crippen LogP contribution in [0.2, 0.25) is 5.02 Å². The second-order valence-corrected chi connectivity index (χ2v) is 12.1. The van der Waals surface area contributed by atoms with Crippen LogP contribution in [0, 0.1) is 29.6 Å². The summed E-state index contributed by atoms with van der Waals surface area (Å²) < 4.78 is 0. The summed E-state index contributed by atoms with van der Waals surface area (Å²) in [5.41, 5.74) is 0.620. The monoisotopic (exact) mass is 487 g/mol. The standard InChI is InChI=1S/C23H22ClN3O3S2/c1-3-23(2)16-12-8-13(17(16)31-19-18(23)32-22(30)26-19)15-14(12)20(28)27(21(15)29)25-9-10-4-6-11(24)7-5-10/h4-7,9,12-17H,3,8H2,1-2H3,(H,26,30)/b25-9+/t12-,13+,14-,15+,16+,17-,23-/m1/s1. The van der Waals surface area contributed by atoms with Crippen LogP contribution in [0.5, 0.6) is 0 Å². The van der Waals surface area contributed by atoms with E-state index in [0.717, 1.165) is 33.3 Å². The van der Waals surface area contributed by atoms with Crippen LogP contribution < -0.4 is 4.87 Å². The van der Waals surface area contributed by atoms with Crippen molar-refractivity contribution in [2.45, 2.75) is 42.4 Å². The van der Waals surface area contributed by atoms with E-state index < -0.39 is 0 Å². The molecule has 0 spiro atoms. The van der Waals surface area contributed by atoms with E-state index in [9.17, 15) is 14.4 Å². The number of hydrogen-bond acceptors (Lipinski definition) is 6. The van der Waals surface area contributed by atoms with Crippen molar-refractivity contribution in [3.63, 3.8) is 0 Å². The van der Waals surface area contributed by atoms with Crippen molar-refractivity contribution in [2.75, 3.05) is 0 Å². The number of thiazole rings is 1. The highest BCUT2D eigenvalue weighted by atomic mass is 35.5. The third-order valence-corrected chi connectivity index (χ3v) is 11.1. The normalized spacial score (nSPS) is 37.3. The molecule has 1 saturated heterocycles. The molecule has 4 aliphatic rings. The number of carbonyl (C=O) groups is 2. The fourth-order valence-corrected chi connectivity index (χ4v) is 9.99. The number of benzene rings is 1. The van der Waals surface area contributed by atoms with Crippen molar-refractivity contribution >= 4 is 52.7 Å². The fraction of sp³-hybridized carbons (Fsp3) is 0.478. The van der Waals surface area contributed by atoms with Crippen molar-refractivity contribution in [1.82, 2.24) is 9.99 Å². The average Bonchev–Trinajstić information content (AvgIpc) is 3.50. The lowest BCUT2D eigenvalue weighted by atomic mass is 9.62. The van der Waals surface area contributed by atoms with Gasteiger partial charge in [0.15, 0.2) is 0 Å². The first-order chi connectivity index (χ1) is 15.3. The molecule has 6 nitrogen and oxygen atoms in total. The van der Waals surface area contributed by atoms with Gasteiger partial charge in [0, 0.05) is 20.6 Å². The minimum absolute atomic E-state index is 0.0236. The molecular weight excluding hydrogens is 466 g/mol. The summed E-state index contributed by atoms with van der Waals surface area (Å²) in [4.78, 5) is 43.0. The van der Waals surface area contributed by atoms with E-state index in [1.54, 1.807) is 42.2 Å². The largest absolute Gasteiger partial charge is 0.307 e. The summed E-state index contributed by atoms with van der Waals surface area (Å²) in [6.45, 7) is 4.40. The van der Waals surface area contributed by atoms with Gasteiger partial charge in [0.1, 0.15) is 0 Å². The molecule has 3 fully saturated rings. The lowest BCUT2D eigenvalue weighted by Crippen LogP contribution is -2.49. The Morgan fingerprint density at radius 2 is 1.88 bits per heavy atom. The quantitative estimate of drug-likeness (QED) is 0.521. The predicted octanol–water partition coefficient (Wildman–Crippen LogP) is 4.13. The van der Waals surface area contributed by atoms with Crippen molar-refractivity contribution < 1.29 is 9.59 Å². The predicted molar refractivity (Wildman–Crippen MR) is 125 cm³/mol. The second kappa shape index (κ2) is 7.05. The van der Waals surface area contributed by atoms with E-state index >= 15 is 0 Å². The smallest absolute Gasteiger partial charge is 0.305 e. The van der Waals surface area contributed by atoms with E-state index in [0.29, 0.717) is 5.02 Å². The number of H-pyrrole nitrogens is 1. The first-order valence-corrected chi connectivity index (χ1v) is 13.0. The third kappa shape index (κ3) is 2.66. The maximum atomic E-state index is 13.4. The summed E-state index contributed by atoms with van der Waals surface area (Å²) in [5.74, 6) is -0.414. The first kappa shape index (κ1) is 20.7. The number of nitrogens with zero attached hydrogens (tertiary/aromatic N) is 2. The molecule has 1 aromatic heterocycles. The van der Waals surface area contributed by atoms with Crippen LogP contribution in [-0.2, 0) is 15.0 Å². The Balaban J connectivity index is 1.34. The number of amides is 2. The summed E-state index contributed by atoms with van der Waals surface area (Å²) >= 11 is 8.95. The van der Waals surface area contributed by atoms with Gasteiger partial charge in [0.2, 0.25) is 0 Å². The number of rotatable bonds is 3. The van der Waals surface area contributed by atoms with Gasteiger partial charge in [-0.15, -0.1) is 11.8 Å². The van der Waals surface area contributed by atoms with E-state index in [1.807, 2.05) is 0 Å². The van der Waals surface area contributed by atoms with Crippen LogP contribution in [-0.4, -0.2) is 33.3 Å².